The minimum absolute atomic E-state index is 0.0349. The molecule has 0 spiro atoms. The van der Waals surface area contributed by atoms with Crippen LogP contribution in [0.3, 0.4) is 0 Å². The first-order valence-electron chi connectivity index (χ1n) is 7.38. The van der Waals surface area contributed by atoms with Gasteiger partial charge in [0.15, 0.2) is 0 Å². The quantitative estimate of drug-likeness (QED) is 0.664. The van der Waals surface area contributed by atoms with Gasteiger partial charge in [-0.2, -0.15) is 0 Å². The van der Waals surface area contributed by atoms with Crippen LogP contribution in [0.4, 0.5) is 5.69 Å². The van der Waals surface area contributed by atoms with Crippen LogP contribution in [0, 0.1) is 0 Å². The lowest BCUT2D eigenvalue weighted by atomic mass is 10.3. The van der Waals surface area contributed by atoms with Gasteiger partial charge >= 0.3 is 0 Å². The Labute approximate surface area is 143 Å². The summed E-state index contributed by atoms with van der Waals surface area (Å²) in [5, 5.41) is 8.00. The normalized spacial score (nSPS) is 11.9. The molecule has 0 radical (unpaired) electrons. The van der Waals surface area contributed by atoms with Gasteiger partial charge in [0.25, 0.3) is 5.22 Å². The van der Waals surface area contributed by atoms with Crippen molar-refractivity contribution in [2.24, 2.45) is 0 Å². The molecule has 1 aromatic carbocycles. The highest BCUT2D eigenvalue weighted by atomic mass is 32.2. The third-order valence-electron chi connectivity index (χ3n) is 3.41. The van der Waals surface area contributed by atoms with Crippen molar-refractivity contribution in [3.05, 3.63) is 54.9 Å². The van der Waals surface area contributed by atoms with Crippen LogP contribution in [0.5, 0.6) is 0 Å². The number of hydrogen-bond acceptors (Lipinski definition) is 6. The van der Waals surface area contributed by atoms with Gasteiger partial charge in [-0.25, -0.2) is 0 Å². The average molecular weight is 340 g/mol. The van der Waals surface area contributed by atoms with Gasteiger partial charge in [0.2, 0.25) is 11.8 Å². The van der Waals surface area contributed by atoms with Crippen molar-refractivity contribution in [1.29, 1.82) is 0 Å². The molecule has 1 amide bonds. The van der Waals surface area contributed by atoms with Crippen LogP contribution in [-0.4, -0.2) is 33.4 Å². The second-order valence-electron chi connectivity index (χ2n) is 5.11. The number of nitrogens with zero attached hydrogens (tertiary/aromatic N) is 4. The molecule has 6 nitrogen and oxygen atoms in total. The molecule has 3 aromatic rings. The number of hydrogen-bond donors (Lipinski definition) is 0. The second kappa shape index (κ2) is 7.27. The highest BCUT2D eigenvalue weighted by molar-refractivity contribution is 8.00. The zero-order valence-electron chi connectivity index (χ0n) is 13.3. The van der Waals surface area contributed by atoms with Crippen LogP contribution in [-0.2, 0) is 4.79 Å². The molecular weight excluding hydrogens is 324 g/mol. The fraction of sp³-hybridized carbons (Fsp3) is 0.176. The molecule has 0 N–H and O–H groups in total. The van der Waals surface area contributed by atoms with E-state index in [0.29, 0.717) is 11.1 Å². The standard InChI is InChI=1S/C17H16N4O2S/c1-12(16(22)21(2)14-8-4-3-5-9-14)24-17-20-19-15(23-17)13-7-6-10-18-11-13/h3-12H,1-2H3. The smallest absolute Gasteiger partial charge is 0.277 e. The molecule has 1 unspecified atom stereocenters. The largest absolute Gasteiger partial charge is 0.411 e. The van der Waals surface area contributed by atoms with Gasteiger partial charge in [-0.15, -0.1) is 10.2 Å². The summed E-state index contributed by atoms with van der Waals surface area (Å²) in [5.41, 5.74) is 1.59. The van der Waals surface area contributed by atoms with Gasteiger partial charge in [0, 0.05) is 25.1 Å². The van der Waals surface area contributed by atoms with E-state index in [1.807, 2.05) is 43.3 Å². The third kappa shape index (κ3) is 3.62. The number of carbonyl (C=O) groups excluding carboxylic acids is 1. The van der Waals surface area contributed by atoms with Crippen molar-refractivity contribution >= 4 is 23.4 Å². The summed E-state index contributed by atoms with van der Waals surface area (Å²) in [7, 11) is 1.75. The molecule has 122 valence electrons. The van der Waals surface area contributed by atoms with Gasteiger partial charge in [-0.1, -0.05) is 30.0 Å². The summed E-state index contributed by atoms with van der Waals surface area (Å²) >= 11 is 1.24. The number of anilines is 1. The van der Waals surface area contributed by atoms with E-state index in [1.54, 1.807) is 30.4 Å². The van der Waals surface area contributed by atoms with Crippen LogP contribution >= 0.6 is 11.8 Å². The Morgan fingerprint density at radius 3 is 2.67 bits per heavy atom. The number of rotatable bonds is 5. The SMILES string of the molecule is CC(Sc1nnc(-c2cccnc2)o1)C(=O)N(C)c1ccccc1. The lowest BCUT2D eigenvalue weighted by Crippen LogP contribution is -2.33. The van der Waals surface area contributed by atoms with Gasteiger partial charge in [0.1, 0.15) is 0 Å². The van der Waals surface area contributed by atoms with Gasteiger partial charge in [-0.3, -0.25) is 9.78 Å². The van der Waals surface area contributed by atoms with Crippen molar-refractivity contribution in [3.63, 3.8) is 0 Å². The molecule has 2 aromatic heterocycles. The molecule has 24 heavy (non-hydrogen) atoms. The number of pyridine rings is 1. The van der Waals surface area contributed by atoms with Crippen LogP contribution in [0.1, 0.15) is 6.92 Å². The molecule has 0 aliphatic rings. The van der Waals surface area contributed by atoms with E-state index in [0.717, 1.165) is 11.3 Å². The first-order chi connectivity index (χ1) is 11.6. The Morgan fingerprint density at radius 1 is 1.17 bits per heavy atom. The molecule has 0 saturated carbocycles. The number of thioether (sulfide) groups is 1. The van der Waals surface area contributed by atoms with E-state index in [4.69, 9.17) is 4.42 Å². The van der Waals surface area contributed by atoms with E-state index in [9.17, 15) is 4.79 Å². The summed E-state index contributed by atoms with van der Waals surface area (Å²) in [6.45, 7) is 1.82. The first kappa shape index (κ1) is 16.2. The van der Waals surface area contributed by atoms with Crippen LogP contribution < -0.4 is 4.90 Å². The monoisotopic (exact) mass is 340 g/mol. The van der Waals surface area contributed by atoms with Crippen molar-refractivity contribution in [1.82, 2.24) is 15.2 Å². The van der Waals surface area contributed by atoms with Crippen molar-refractivity contribution in [2.45, 2.75) is 17.4 Å². The zero-order chi connectivity index (χ0) is 16.9. The van der Waals surface area contributed by atoms with E-state index in [1.165, 1.54) is 11.8 Å². The molecular formula is C17H16N4O2S. The molecule has 3 rings (SSSR count). The minimum Gasteiger partial charge on any atom is -0.411 e. The number of para-hydroxylation sites is 1. The molecule has 0 saturated heterocycles. The van der Waals surface area contributed by atoms with E-state index in [-0.39, 0.29) is 11.2 Å². The average Bonchev–Trinajstić information content (AvgIpc) is 3.10. The van der Waals surface area contributed by atoms with E-state index >= 15 is 0 Å². The molecule has 1 atom stereocenters. The van der Waals surface area contributed by atoms with Crippen LogP contribution in [0.15, 0.2) is 64.5 Å². The predicted octanol–water partition coefficient (Wildman–Crippen LogP) is 3.28. The molecule has 0 bridgehead atoms. The summed E-state index contributed by atoms with van der Waals surface area (Å²) in [6, 6.07) is 13.1. The summed E-state index contributed by atoms with van der Waals surface area (Å²) in [6.07, 6.45) is 3.33. The van der Waals surface area contributed by atoms with Crippen LogP contribution in [0.2, 0.25) is 0 Å². The van der Waals surface area contributed by atoms with E-state index < -0.39 is 0 Å². The Morgan fingerprint density at radius 2 is 1.96 bits per heavy atom. The van der Waals surface area contributed by atoms with Crippen LogP contribution in [0.25, 0.3) is 11.5 Å². The summed E-state index contributed by atoms with van der Waals surface area (Å²) in [5.74, 6) is 0.356. The molecule has 0 aliphatic carbocycles. The fourth-order valence-electron chi connectivity index (χ4n) is 2.12. The Kier molecular flexibility index (Phi) is 4.90. The zero-order valence-corrected chi connectivity index (χ0v) is 14.1. The fourth-order valence-corrected chi connectivity index (χ4v) is 2.89. The third-order valence-corrected chi connectivity index (χ3v) is 4.34. The van der Waals surface area contributed by atoms with Gasteiger partial charge in [0.05, 0.1) is 10.8 Å². The Hall–Kier alpha value is -2.67. The Bertz CT molecular complexity index is 808. The topological polar surface area (TPSA) is 72.1 Å². The van der Waals surface area contributed by atoms with E-state index in [2.05, 4.69) is 15.2 Å². The highest BCUT2D eigenvalue weighted by Crippen LogP contribution is 2.27. The second-order valence-corrected chi connectivity index (χ2v) is 6.40. The maximum atomic E-state index is 12.5. The molecule has 0 fully saturated rings. The number of aromatic nitrogens is 3. The van der Waals surface area contributed by atoms with Gasteiger partial charge in [-0.05, 0) is 31.2 Å². The van der Waals surface area contributed by atoms with Crippen molar-refractivity contribution in [2.75, 3.05) is 11.9 Å². The number of carbonyl (C=O) groups is 1. The summed E-state index contributed by atoms with van der Waals surface area (Å²) < 4.78 is 5.61. The highest BCUT2D eigenvalue weighted by Gasteiger charge is 2.22. The van der Waals surface area contributed by atoms with Crippen molar-refractivity contribution < 1.29 is 9.21 Å². The maximum absolute atomic E-state index is 12.5. The lowest BCUT2D eigenvalue weighted by molar-refractivity contribution is -0.117. The summed E-state index contributed by atoms with van der Waals surface area (Å²) in [4.78, 5) is 18.2. The maximum Gasteiger partial charge on any atom is 0.277 e. The minimum atomic E-state index is -0.350. The molecule has 2 heterocycles. The predicted molar refractivity (Wildman–Crippen MR) is 92.7 cm³/mol. The number of amides is 1. The number of benzene rings is 1. The lowest BCUT2D eigenvalue weighted by Gasteiger charge is -2.20. The molecule has 7 heteroatoms. The van der Waals surface area contributed by atoms with Crippen molar-refractivity contribution in [3.8, 4) is 11.5 Å². The van der Waals surface area contributed by atoms with Gasteiger partial charge < -0.3 is 9.32 Å². The Balaban J connectivity index is 1.68. The first-order valence-corrected chi connectivity index (χ1v) is 8.26. The molecule has 0 aliphatic heterocycles.